The monoisotopic (exact) mass is 2520 g/mol. The molecule has 0 saturated carbocycles. The minimum absolute atomic E-state index is 0. The van der Waals surface area contributed by atoms with E-state index < -0.39 is 0 Å². The van der Waals surface area contributed by atoms with Crippen LogP contribution in [-0.4, -0.2) is 133 Å². The van der Waals surface area contributed by atoms with E-state index in [1.54, 1.807) is 0 Å². The maximum Gasteiger partial charge on any atom is 0.0600 e. The van der Waals surface area contributed by atoms with Gasteiger partial charge in [-0.1, -0.05) is 147 Å². The Morgan fingerprint density at radius 1 is 0.265 bits per heavy atom. The third kappa shape index (κ3) is 22.7. The minimum atomic E-state index is -0.0704. The summed E-state index contributed by atoms with van der Waals surface area (Å²) in [7, 11) is 8.23. The number of rotatable bonds is 16. The summed E-state index contributed by atoms with van der Waals surface area (Å²) in [5.41, 5.74) is 22.5. The SMILES string of the molecule is Cc1cc(C)n(-c2[c-]c(Oc3[c-]c(C4=[C-]N5CC=CC=C5N4C)cc(C(C)(C)C)c3)cc(C(C)(C)C)c2)n1.Cc1cc(C)n(-c2[c-]c(Oc3[c-]c(C4=[C-]N5CC=CC=C5N4C)cc(C(C)(C)C)c3)ccc2)n1.Cc1cc(C)n(-c2[c-]c(Oc3[c-]c(C4=[C-]N5CC=CC=C5N4C)ccc3)ccc2)n1.Cc1cc(C)n(-c2[c-]c(Oc3[c-]c(C4=[C-]N5CC=CC=C5N4C)ccc3)ccc2)n1.[Pt].[Pt].[Pt].[Pt]. The largest absolute Gasteiger partial charge is 0.504 e. The zero-order valence-corrected chi connectivity index (χ0v) is 89.3. The van der Waals surface area contributed by atoms with Crippen LogP contribution in [0, 0.1) is 129 Å². The van der Waals surface area contributed by atoms with Gasteiger partial charge in [-0.15, -0.1) is 149 Å². The molecule has 0 bridgehead atoms. The van der Waals surface area contributed by atoms with Gasteiger partial charge in [0.25, 0.3) is 0 Å². The maximum atomic E-state index is 6.56. The number of aromatic nitrogens is 8. The van der Waals surface area contributed by atoms with Crippen LogP contribution in [0.25, 0.3) is 45.5 Å². The molecule has 12 aromatic rings. The van der Waals surface area contributed by atoms with Crippen LogP contribution in [0.3, 0.4) is 0 Å². The van der Waals surface area contributed by atoms with Gasteiger partial charge in [0.15, 0.2) is 0 Å². The number of fused-ring (bicyclic) bond motifs is 4. The number of aryl methyl sites for hydroxylation is 8. The van der Waals surface area contributed by atoms with Crippen molar-refractivity contribution in [3.8, 4) is 68.7 Å². The Kier molecular flexibility index (Phi) is 31.4. The number of hydrogen-bond acceptors (Lipinski definition) is 16. The standard InChI is InChI=1S/C33H37N4O.C29H29N4O.2C25H21N4O.4Pt/c1-22-14-23(2)37(34-22)27-17-26(33(6,7)8)19-29(20-27)38-28-16-24(15-25(18-28)32(3,4)5)30-21-36-13-11-10-12-31(36)35(30)9;1-20-14-21(2)33(30-20)24-10-9-11-25(18-24)34-26-16-22(15-23(17-26)29(3,4)5)27-19-32-13-8-7-12-28(32)31(27)6;2*1-18-14-19(2)29(26-18)21-9-7-11-23(16-21)30-22-10-6-8-20(15-22)24-17-28-13-5-4-12-25(28)27(24)3;;;;/h10-12,14-15,17-19H,13H2,1-9H3;7-12,14-15,17H,13H2,1-6H3;2*4-12,14H,13H2,1-3H3;;;;/q4*-3;;;;. The number of hydrogen-bond donors (Lipinski definition) is 0. The van der Waals surface area contributed by atoms with Crippen molar-refractivity contribution < 1.29 is 103 Å². The molecule has 12 heterocycles. The summed E-state index contributed by atoms with van der Waals surface area (Å²) in [5.74, 6) is 9.54. The van der Waals surface area contributed by atoms with Crippen molar-refractivity contribution in [3.63, 3.8) is 0 Å². The van der Waals surface area contributed by atoms with Gasteiger partial charge in [0.2, 0.25) is 0 Å². The van der Waals surface area contributed by atoms with Crippen LogP contribution in [0.15, 0.2) is 248 Å². The van der Waals surface area contributed by atoms with Crippen LogP contribution >= 0.6 is 0 Å². The number of allylic oxidation sites excluding steroid dienone is 8. The van der Waals surface area contributed by atoms with Crippen molar-refractivity contribution in [3.05, 3.63) is 406 Å². The van der Waals surface area contributed by atoms with E-state index in [0.29, 0.717) is 46.0 Å². The Morgan fingerprint density at radius 3 is 0.779 bits per heavy atom. The smallest absolute Gasteiger partial charge is 0.0600 e. The first-order valence-electron chi connectivity index (χ1n) is 44.4. The first kappa shape index (κ1) is 101. The maximum absolute atomic E-state index is 6.56. The molecule has 712 valence electrons. The van der Waals surface area contributed by atoms with E-state index in [-0.39, 0.29) is 101 Å². The number of nitrogens with zero attached hydrogens (tertiary/aromatic N) is 16. The average Bonchev–Trinajstić information content (AvgIpc) is 0.875. The Morgan fingerprint density at radius 2 is 0.500 bits per heavy atom. The quantitative estimate of drug-likeness (QED) is 0.0849. The summed E-state index contributed by atoms with van der Waals surface area (Å²) < 4.78 is 32.6. The summed E-state index contributed by atoms with van der Waals surface area (Å²) in [6.45, 7) is 39.3. The molecule has 24 heteroatoms. The van der Waals surface area contributed by atoms with Crippen molar-refractivity contribution >= 4 is 22.8 Å². The van der Waals surface area contributed by atoms with Gasteiger partial charge in [0.05, 0.1) is 22.8 Å². The molecule has 0 saturated heterocycles. The second kappa shape index (κ2) is 42.2. The van der Waals surface area contributed by atoms with E-state index in [1.807, 2.05) is 184 Å². The van der Waals surface area contributed by atoms with Crippen LogP contribution < -0.4 is 18.9 Å². The summed E-state index contributed by atoms with van der Waals surface area (Å²) in [6.07, 6.45) is 39.1. The molecular weight excluding hydrogens is 2410 g/mol. The molecule has 0 unspecified atom stereocenters. The molecule has 0 N–H and O–H groups in total. The average molecular weight is 2520 g/mol. The second-order valence-corrected chi connectivity index (χ2v) is 36.8. The molecule has 20 rings (SSSR count). The van der Waals surface area contributed by atoms with Gasteiger partial charge in [0, 0.05) is 202 Å². The van der Waals surface area contributed by atoms with E-state index in [9.17, 15) is 0 Å². The molecule has 8 aliphatic heterocycles. The van der Waals surface area contributed by atoms with Crippen LogP contribution in [0.5, 0.6) is 46.0 Å². The van der Waals surface area contributed by atoms with Crippen molar-refractivity contribution in [2.45, 2.75) is 134 Å². The minimum Gasteiger partial charge on any atom is -0.504 e. The van der Waals surface area contributed by atoms with Gasteiger partial charge in [-0.3, -0.25) is 18.7 Å². The number of ether oxygens (including phenoxy) is 4. The molecule has 0 atom stereocenters. The Bertz CT molecular complexity index is 6670. The van der Waals surface area contributed by atoms with Crippen molar-refractivity contribution in [2.75, 3.05) is 54.4 Å². The van der Waals surface area contributed by atoms with Gasteiger partial charge >= 0.3 is 0 Å². The third-order valence-electron chi connectivity index (χ3n) is 23.2. The van der Waals surface area contributed by atoms with Crippen LogP contribution in [0.1, 0.15) is 147 Å². The second-order valence-electron chi connectivity index (χ2n) is 36.8. The molecule has 8 aromatic carbocycles. The molecule has 0 amide bonds. The fourth-order valence-corrected chi connectivity index (χ4v) is 16.4. The van der Waals surface area contributed by atoms with Gasteiger partial charge in [0.1, 0.15) is 0 Å². The number of benzene rings is 8. The van der Waals surface area contributed by atoms with Crippen molar-refractivity contribution in [1.29, 1.82) is 0 Å². The summed E-state index contributed by atoms with van der Waals surface area (Å²) >= 11 is 0. The van der Waals surface area contributed by atoms with Crippen LogP contribution in [0.4, 0.5) is 0 Å². The zero-order chi connectivity index (χ0) is 92.8. The molecule has 0 radical (unpaired) electrons. The summed E-state index contributed by atoms with van der Waals surface area (Å²) in [6, 6.07) is 77.4. The predicted octanol–water partition coefficient (Wildman–Crippen LogP) is 22.5. The van der Waals surface area contributed by atoms with E-state index in [2.05, 4.69) is 333 Å². The summed E-state index contributed by atoms with van der Waals surface area (Å²) in [4.78, 5) is 17.0. The fraction of sp³-hybridized carbons (Fsp3) is 0.250. The Hall–Kier alpha value is -12.2. The Balaban J connectivity index is 0.000000153. The normalized spacial score (nSPS) is 14.9. The molecule has 8 aliphatic rings. The zero-order valence-electron chi connectivity index (χ0n) is 80.2. The fourth-order valence-electron chi connectivity index (χ4n) is 16.4. The summed E-state index contributed by atoms with van der Waals surface area (Å²) in [5, 5.41) is 18.3. The van der Waals surface area contributed by atoms with Crippen molar-refractivity contribution in [1.82, 2.24) is 78.3 Å². The van der Waals surface area contributed by atoms with E-state index in [1.165, 1.54) is 11.1 Å². The molecular formula is C112H108N16O4Pt4-12. The van der Waals surface area contributed by atoms with E-state index in [4.69, 9.17) is 24.0 Å². The Labute approximate surface area is 859 Å². The first-order valence-corrected chi connectivity index (χ1v) is 44.4. The topological polar surface area (TPSA) is 134 Å². The molecule has 4 aromatic heterocycles. The third-order valence-corrected chi connectivity index (χ3v) is 23.2. The molecule has 0 aliphatic carbocycles. The van der Waals surface area contributed by atoms with Gasteiger partial charge in [-0.25, -0.2) is 22.3 Å². The molecule has 136 heavy (non-hydrogen) atoms. The van der Waals surface area contributed by atoms with Gasteiger partial charge < -0.3 is 58.1 Å². The van der Waals surface area contributed by atoms with Gasteiger partial charge in [-0.2, -0.15) is 99.3 Å². The van der Waals surface area contributed by atoms with Crippen molar-refractivity contribution in [2.24, 2.45) is 0 Å². The van der Waals surface area contributed by atoms with Crippen LogP contribution in [-0.2, 0) is 101 Å². The predicted molar refractivity (Wildman–Crippen MR) is 518 cm³/mol. The molecule has 0 fully saturated rings. The first-order chi connectivity index (χ1) is 63.1. The van der Waals surface area contributed by atoms with E-state index >= 15 is 0 Å². The van der Waals surface area contributed by atoms with Crippen LogP contribution in [0.2, 0.25) is 0 Å². The molecule has 0 spiro atoms. The molecule has 20 nitrogen and oxygen atoms in total. The van der Waals surface area contributed by atoms with E-state index in [0.717, 1.165) is 168 Å². The van der Waals surface area contributed by atoms with Gasteiger partial charge in [-0.05, 0) is 147 Å².